The van der Waals surface area contributed by atoms with Gasteiger partial charge in [-0.3, -0.25) is 0 Å². The standard InChI is InChI=1S/C6H12O2/c1-5-2-6(3-7)8-4-5/h5-7H,2-4H2,1H3/t5-,6+/m1/s1. The highest BCUT2D eigenvalue weighted by Gasteiger charge is 2.20. The van der Waals surface area contributed by atoms with Crippen LogP contribution in [0.5, 0.6) is 0 Å². The van der Waals surface area contributed by atoms with Crippen LogP contribution in [-0.2, 0) is 4.74 Å². The number of rotatable bonds is 1. The van der Waals surface area contributed by atoms with Gasteiger partial charge in [0.2, 0.25) is 0 Å². The predicted octanol–water partition coefficient (Wildman–Crippen LogP) is 0.404. The normalized spacial score (nSPS) is 38.2. The quantitative estimate of drug-likeness (QED) is 0.537. The third-order valence-corrected chi connectivity index (χ3v) is 1.49. The van der Waals surface area contributed by atoms with Crippen LogP contribution in [0.3, 0.4) is 0 Å². The molecule has 1 N–H and O–H groups in total. The van der Waals surface area contributed by atoms with Gasteiger partial charge >= 0.3 is 0 Å². The predicted molar refractivity (Wildman–Crippen MR) is 30.6 cm³/mol. The smallest absolute Gasteiger partial charge is 0.0809 e. The van der Waals surface area contributed by atoms with Gasteiger partial charge in [-0.2, -0.15) is 0 Å². The number of hydrogen-bond donors (Lipinski definition) is 1. The first-order valence-electron chi connectivity index (χ1n) is 3.05. The summed E-state index contributed by atoms with van der Waals surface area (Å²) < 4.78 is 5.16. The molecule has 2 nitrogen and oxygen atoms in total. The average molecular weight is 116 g/mol. The molecule has 2 heteroatoms. The van der Waals surface area contributed by atoms with Crippen molar-refractivity contribution in [1.82, 2.24) is 0 Å². The maximum Gasteiger partial charge on any atom is 0.0809 e. The Morgan fingerprint density at radius 3 is 2.75 bits per heavy atom. The minimum absolute atomic E-state index is 0.130. The second kappa shape index (κ2) is 2.46. The van der Waals surface area contributed by atoms with Crippen LogP contribution < -0.4 is 0 Å². The molecule has 0 amide bonds. The van der Waals surface area contributed by atoms with Crippen molar-refractivity contribution in [2.24, 2.45) is 5.92 Å². The fourth-order valence-electron chi connectivity index (χ4n) is 1.01. The van der Waals surface area contributed by atoms with Crippen LogP contribution in [0.1, 0.15) is 13.3 Å². The molecule has 0 aliphatic carbocycles. The van der Waals surface area contributed by atoms with E-state index in [0.717, 1.165) is 13.0 Å². The van der Waals surface area contributed by atoms with Crippen molar-refractivity contribution in [2.45, 2.75) is 19.4 Å². The monoisotopic (exact) mass is 116 g/mol. The van der Waals surface area contributed by atoms with E-state index < -0.39 is 0 Å². The summed E-state index contributed by atoms with van der Waals surface area (Å²) in [6.07, 6.45) is 1.15. The maximum absolute atomic E-state index is 8.56. The van der Waals surface area contributed by atoms with Crippen LogP contribution in [0, 0.1) is 5.92 Å². The van der Waals surface area contributed by atoms with Gasteiger partial charge in [0, 0.05) is 6.61 Å². The Morgan fingerprint density at radius 2 is 2.50 bits per heavy atom. The van der Waals surface area contributed by atoms with Crippen molar-refractivity contribution >= 4 is 0 Å². The third-order valence-electron chi connectivity index (χ3n) is 1.49. The molecule has 0 aromatic carbocycles. The van der Waals surface area contributed by atoms with E-state index in [-0.39, 0.29) is 12.7 Å². The van der Waals surface area contributed by atoms with E-state index in [9.17, 15) is 0 Å². The van der Waals surface area contributed by atoms with Crippen LogP contribution >= 0.6 is 0 Å². The minimum Gasteiger partial charge on any atom is -0.394 e. The summed E-state index contributed by atoms with van der Waals surface area (Å²) in [6, 6.07) is 0. The second-order valence-corrected chi connectivity index (χ2v) is 2.48. The SMILES string of the molecule is C[C@H]1CO[C@H](CO)C1. The van der Waals surface area contributed by atoms with Crippen molar-refractivity contribution < 1.29 is 9.84 Å². The average Bonchev–Trinajstić information content (AvgIpc) is 2.14. The molecule has 1 heterocycles. The number of ether oxygens (including phenoxy) is 1. The topological polar surface area (TPSA) is 29.5 Å². The summed E-state index contributed by atoms with van der Waals surface area (Å²) in [4.78, 5) is 0. The van der Waals surface area contributed by atoms with E-state index >= 15 is 0 Å². The molecule has 1 fully saturated rings. The lowest BCUT2D eigenvalue weighted by atomic mass is 10.1. The number of aliphatic hydroxyl groups is 1. The molecule has 0 unspecified atom stereocenters. The van der Waals surface area contributed by atoms with Gasteiger partial charge in [-0.25, -0.2) is 0 Å². The van der Waals surface area contributed by atoms with Crippen molar-refractivity contribution in [3.8, 4) is 0 Å². The van der Waals surface area contributed by atoms with Crippen LogP contribution in [-0.4, -0.2) is 24.4 Å². The lowest BCUT2D eigenvalue weighted by Gasteiger charge is -2.01. The molecule has 0 radical (unpaired) electrons. The highest BCUT2D eigenvalue weighted by Crippen LogP contribution is 2.17. The summed E-state index contributed by atoms with van der Waals surface area (Å²) in [5.41, 5.74) is 0. The van der Waals surface area contributed by atoms with Crippen molar-refractivity contribution in [1.29, 1.82) is 0 Å². The molecule has 1 aliphatic rings. The molecular formula is C6H12O2. The Balaban J connectivity index is 2.22. The van der Waals surface area contributed by atoms with Gasteiger partial charge in [-0.1, -0.05) is 6.92 Å². The van der Waals surface area contributed by atoms with Gasteiger partial charge in [0.1, 0.15) is 0 Å². The van der Waals surface area contributed by atoms with Gasteiger partial charge in [0.25, 0.3) is 0 Å². The Morgan fingerprint density at radius 1 is 1.75 bits per heavy atom. The highest BCUT2D eigenvalue weighted by molar-refractivity contribution is 4.68. The Bertz CT molecular complexity index is 72.9. The summed E-state index contributed by atoms with van der Waals surface area (Å²) >= 11 is 0. The first-order chi connectivity index (χ1) is 3.83. The van der Waals surface area contributed by atoms with E-state index in [2.05, 4.69) is 6.92 Å². The molecule has 2 atom stereocenters. The van der Waals surface area contributed by atoms with Crippen molar-refractivity contribution in [2.75, 3.05) is 13.2 Å². The maximum atomic E-state index is 8.56. The largest absolute Gasteiger partial charge is 0.394 e. The molecule has 8 heavy (non-hydrogen) atoms. The molecule has 48 valence electrons. The second-order valence-electron chi connectivity index (χ2n) is 2.48. The molecule has 0 spiro atoms. The summed E-state index contributed by atoms with van der Waals surface area (Å²) in [7, 11) is 0. The fourth-order valence-corrected chi connectivity index (χ4v) is 1.01. The fraction of sp³-hybridized carbons (Fsp3) is 1.00. The van der Waals surface area contributed by atoms with Crippen LogP contribution in [0.4, 0.5) is 0 Å². The third kappa shape index (κ3) is 1.20. The molecule has 0 aromatic heterocycles. The zero-order chi connectivity index (χ0) is 5.98. The molecular weight excluding hydrogens is 104 g/mol. The summed E-state index contributed by atoms with van der Waals surface area (Å²) in [6.45, 7) is 3.14. The van der Waals surface area contributed by atoms with E-state index in [1.807, 2.05) is 0 Å². The molecule has 0 saturated carbocycles. The number of aliphatic hydroxyl groups excluding tert-OH is 1. The molecule has 1 rings (SSSR count). The van der Waals surface area contributed by atoms with Gasteiger partial charge in [-0.05, 0) is 12.3 Å². The lowest BCUT2D eigenvalue weighted by Crippen LogP contribution is -2.09. The highest BCUT2D eigenvalue weighted by atomic mass is 16.5. The Kier molecular flexibility index (Phi) is 1.86. The Labute approximate surface area is 49.5 Å². The van der Waals surface area contributed by atoms with Gasteiger partial charge in [0.05, 0.1) is 12.7 Å². The minimum atomic E-state index is 0.130. The van der Waals surface area contributed by atoms with E-state index in [1.54, 1.807) is 0 Å². The van der Waals surface area contributed by atoms with Gasteiger partial charge in [0.15, 0.2) is 0 Å². The molecule has 0 aromatic rings. The van der Waals surface area contributed by atoms with E-state index in [0.29, 0.717) is 5.92 Å². The van der Waals surface area contributed by atoms with E-state index in [1.165, 1.54) is 0 Å². The molecule has 0 bridgehead atoms. The van der Waals surface area contributed by atoms with Gasteiger partial charge < -0.3 is 9.84 Å². The Hall–Kier alpha value is -0.0800. The van der Waals surface area contributed by atoms with Gasteiger partial charge in [-0.15, -0.1) is 0 Å². The first-order valence-corrected chi connectivity index (χ1v) is 3.05. The molecule has 1 aliphatic heterocycles. The van der Waals surface area contributed by atoms with Crippen LogP contribution in [0.15, 0.2) is 0 Å². The van der Waals surface area contributed by atoms with Crippen molar-refractivity contribution in [3.63, 3.8) is 0 Å². The van der Waals surface area contributed by atoms with Crippen molar-refractivity contribution in [3.05, 3.63) is 0 Å². The summed E-state index contributed by atoms with van der Waals surface area (Å²) in [5, 5.41) is 8.56. The lowest BCUT2D eigenvalue weighted by molar-refractivity contribution is 0.0576. The molecule has 1 saturated heterocycles. The first kappa shape index (κ1) is 6.05. The summed E-state index contributed by atoms with van der Waals surface area (Å²) in [5.74, 6) is 0.646. The van der Waals surface area contributed by atoms with E-state index in [4.69, 9.17) is 9.84 Å². The number of hydrogen-bond acceptors (Lipinski definition) is 2. The van der Waals surface area contributed by atoms with Crippen LogP contribution in [0.25, 0.3) is 0 Å². The zero-order valence-electron chi connectivity index (χ0n) is 5.13. The zero-order valence-corrected chi connectivity index (χ0v) is 5.13. The van der Waals surface area contributed by atoms with Crippen LogP contribution in [0.2, 0.25) is 0 Å².